The molecule has 4 aromatic heterocycles. The first-order valence-corrected chi connectivity index (χ1v) is 10.7. The molecule has 4 heterocycles. The lowest BCUT2D eigenvalue weighted by atomic mass is 9.90. The first kappa shape index (κ1) is 17.5. The molecule has 2 N–H and O–H groups in total. The third-order valence-corrected chi connectivity index (χ3v) is 6.70. The van der Waals surface area contributed by atoms with Crippen molar-refractivity contribution in [1.82, 2.24) is 19.9 Å². The number of nitrogens with zero attached hydrogens (tertiary/aromatic N) is 3. The average molecular weight is 411 g/mol. The molecule has 146 valence electrons. The minimum absolute atomic E-state index is 0.540. The van der Waals surface area contributed by atoms with Gasteiger partial charge in [0.05, 0.1) is 11.3 Å². The zero-order valence-electron chi connectivity index (χ0n) is 16.0. The van der Waals surface area contributed by atoms with E-state index in [0.29, 0.717) is 12.8 Å². The quantitative estimate of drug-likeness (QED) is 0.451. The Bertz CT molecular complexity index is 1360. The maximum absolute atomic E-state index is 11.4. The van der Waals surface area contributed by atoms with Crippen molar-refractivity contribution in [3.05, 3.63) is 89.3 Å². The van der Waals surface area contributed by atoms with Gasteiger partial charge in [0.1, 0.15) is 10.7 Å². The molecule has 6 rings (SSSR count). The van der Waals surface area contributed by atoms with Gasteiger partial charge >= 0.3 is 0 Å². The number of aromatic nitrogens is 4. The van der Waals surface area contributed by atoms with Gasteiger partial charge in [0, 0.05) is 59.0 Å². The molecule has 0 bridgehead atoms. The number of aliphatic hydroxyl groups is 1. The maximum Gasteiger partial charge on any atom is 0.137 e. The highest BCUT2D eigenvalue weighted by Gasteiger charge is 2.37. The highest BCUT2D eigenvalue weighted by molar-refractivity contribution is 7.13. The van der Waals surface area contributed by atoms with Gasteiger partial charge < -0.3 is 10.1 Å². The summed E-state index contributed by atoms with van der Waals surface area (Å²) >= 11 is 1.61. The second-order valence-corrected chi connectivity index (χ2v) is 8.57. The summed E-state index contributed by atoms with van der Waals surface area (Å²) in [5.41, 5.74) is 5.94. The highest BCUT2D eigenvalue weighted by Crippen LogP contribution is 2.39. The van der Waals surface area contributed by atoms with E-state index in [1.807, 2.05) is 42.6 Å². The number of thiazole rings is 1. The van der Waals surface area contributed by atoms with Crippen LogP contribution in [0.1, 0.15) is 16.8 Å². The van der Waals surface area contributed by atoms with Crippen LogP contribution in [0, 0.1) is 0 Å². The van der Waals surface area contributed by atoms with Crippen LogP contribution in [-0.2, 0) is 18.4 Å². The van der Waals surface area contributed by atoms with Crippen LogP contribution in [0.15, 0.2) is 72.5 Å². The first-order chi connectivity index (χ1) is 14.7. The molecule has 5 nitrogen and oxygen atoms in total. The number of rotatable bonds is 3. The van der Waals surface area contributed by atoms with Gasteiger partial charge in [0.25, 0.3) is 0 Å². The molecule has 0 amide bonds. The van der Waals surface area contributed by atoms with Gasteiger partial charge in [0.2, 0.25) is 0 Å². The van der Waals surface area contributed by atoms with Crippen LogP contribution in [0.25, 0.3) is 32.9 Å². The Balaban J connectivity index is 1.35. The maximum atomic E-state index is 11.4. The molecule has 0 radical (unpaired) electrons. The molecule has 1 aliphatic rings. The summed E-state index contributed by atoms with van der Waals surface area (Å²) in [6.07, 6.45) is 6.65. The number of nitrogens with one attached hydrogen (secondary N) is 1. The predicted molar refractivity (Wildman–Crippen MR) is 118 cm³/mol. The summed E-state index contributed by atoms with van der Waals surface area (Å²) < 4.78 is 0. The van der Waals surface area contributed by atoms with E-state index in [1.54, 1.807) is 23.7 Å². The summed E-state index contributed by atoms with van der Waals surface area (Å²) in [7, 11) is 0. The molecule has 1 atom stereocenters. The number of hydrogen-bond donors (Lipinski definition) is 2. The third kappa shape index (κ3) is 2.76. The third-order valence-electron chi connectivity index (χ3n) is 5.81. The van der Waals surface area contributed by atoms with Gasteiger partial charge in [-0.2, -0.15) is 0 Å². The van der Waals surface area contributed by atoms with Gasteiger partial charge in [-0.05, 0) is 35.4 Å². The Morgan fingerprint density at radius 2 is 1.90 bits per heavy atom. The van der Waals surface area contributed by atoms with Crippen LogP contribution in [0.4, 0.5) is 0 Å². The van der Waals surface area contributed by atoms with Gasteiger partial charge in [-0.25, -0.2) is 9.97 Å². The van der Waals surface area contributed by atoms with E-state index in [0.717, 1.165) is 49.7 Å². The van der Waals surface area contributed by atoms with Crippen molar-refractivity contribution < 1.29 is 5.11 Å². The van der Waals surface area contributed by atoms with Crippen molar-refractivity contribution in [2.24, 2.45) is 0 Å². The van der Waals surface area contributed by atoms with E-state index in [2.05, 4.69) is 32.5 Å². The molecule has 6 heteroatoms. The molecule has 0 fully saturated rings. The van der Waals surface area contributed by atoms with Crippen LogP contribution in [-0.4, -0.2) is 25.0 Å². The van der Waals surface area contributed by atoms with E-state index in [9.17, 15) is 5.11 Å². The standard InChI is InChI=1S/C24H18N4OS/c29-24(11-16-5-2-8-25-20(16)12-24)17-6-1-4-15(10-17)23-28-21(14-30-23)19-13-27-22-18(19)7-3-9-26-22/h1-10,13-14,29H,11-12H2,(H,26,27)/t24-/m0/s1. The fourth-order valence-corrected chi connectivity index (χ4v) is 5.11. The Morgan fingerprint density at radius 3 is 2.83 bits per heavy atom. The molecule has 0 saturated carbocycles. The monoisotopic (exact) mass is 410 g/mol. The van der Waals surface area contributed by atoms with E-state index in [4.69, 9.17) is 4.98 Å². The average Bonchev–Trinajstić information content (AvgIpc) is 3.50. The van der Waals surface area contributed by atoms with E-state index >= 15 is 0 Å². The van der Waals surface area contributed by atoms with E-state index < -0.39 is 5.60 Å². The SMILES string of the molecule is O[C@@]1(c2cccc(-c3nc(-c4c[nH]c5ncccc45)cs3)c2)Cc2cccnc2C1. The summed E-state index contributed by atoms with van der Waals surface area (Å²) in [5, 5.41) is 15.4. The van der Waals surface area contributed by atoms with E-state index in [-0.39, 0.29) is 0 Å². The van der Waals surface area contributed by atoms with E-state index in [1.165, 1.54) is 0 Å². The van der Waals surface area contributed by atoms with Crippen molar-refractivity contribution in [3.63, 3.8) is 0 Å². The van der Waals surface area contributed by atoms with Crippen molar-refractivity contribution in [2.45, 2.75) is 18.4 Å². The van der Waals surface area contributed by atoms with Gasteiger partial charge in [0.15, 0.2) is 0 Å². The molecule has 30 heavy (non-hydrogen) atoms. The van der Waals surface area contributed by atoms with Crippen molar-refractivity contribution in [3.8, 4) is 21.8 Å². The van der Waals surface area contributed by atoms with Gasteiger partial charge in [-0.1, -0.05) is 24.3 Å². The number of aromatic amines is 1. The normalized spacial score (nSPS) is 18.0. The van der Waals surface area contributed by atoms with Crippen LogP contribution < -0.4 is 0 Å². The number of fused-ring (bicyclic) bond motifs is 2. The van der Waals surface area contributed by atoms with Crippen LogP contribution in [0.2, 0.25) is 0 Å². The zero-order valence-corrected chi connectivity index (χ0v) is 16.9. The molecule has 0 saturated heterocycles. The second-order valence-electron chi connectivity index (χ2n) is 7.71. The number of pyridine rings is 2. The van der Waals surface area contributed by atoms with Crippen LogP contribution in [0.5, 0.6) is 0 Å². The minimum Gasteiger partial charge on any atom is -0.384 e. The number of benzene rings is 1. The molecular weight excluding hydrogens is 392 g/mol. The van der Waals surface area contributed by atoms with Crippen LogP contribution in [0.3, 0.4) is 0 Å². The lowest BCUT2D eigenvalue weighted by Crippen LogP contribution is -2.26. The van der Waals surface area contributed by atoms with Crippen LogP contribution >= 0.6 is 11.3 Å². The highest BCUT2D eigenvalue weighted by atomic mass is 32.1. The Labute approximate surface area is 177 Å². The molecule has 1 aliphatic carbocycles. The second kappa shape index (κ2) is 6.58. The minimum atomic E-state index is -0.921. The predicted octanol–water partition coefficient (Wildman–Crippen LogP) is 4.73. The summed E-state index contributed by atoms with van der Waals surface area (Å²) in [4.78, 5) is 16.9. The fraction of sp³-hybridized carbons (Fsp3) is 0.125. The smallest absolute Gasteiger partial charge is 0.137 e. The first-order valence-electron chi connectivity index (χ1n) is 9.84. The largest absolute Gasteiger partial charge is 0.384 e. The summed E-state index contributed by atoms with van der Waals surface area (Å²) in [6.45, 7) is 0. The zero-order chi connectivity index (χ0) is 20.1. The molecule has 0 spiro atoms. The van der Waals surface area contributed by atoms with Crippen molar-refractivity contribution in [1.29, 1.82) is 0 Å². The lowest BCUT2D eigenvalue weighted by molar-refractivity contribution is 0.0478. The van der Waals surface area contributed by atoms with Gasteiger partial charge in [-0.15, -0.1) is 11.3 Å². The summed E-state index contributed by atoms with van der Waals surface area (Å²) in [5.74, 6) is 0. The van der Waals surface area contributed by atoms with Gasteiger partial charge in [-0.3, -0.25) is 4.98 Å². The molecule has 0 unspecified atom stereocenters. The molecule has 1 aromatic carbocycles. The fourth-order valence-electron chi connectivity index (χ4n) is 4.29. The lowest BCUT2D eigenvalue weighted by Gasteiger charge is -2.23. The molecule has 5 aromatic rings. The Hall–Kier alpha value is -3.35. The number of H-pyrrole nitrogens is 1. The Kier molecular flexibility index (Phi) is 3.84. The Morgan fingerprint density at radius 1 is 1.00 bits per heavy atom. The number of hydrogen-bond acceptors (Lipinski definition) is 5. The van der Waals surface area contributed by atoms with Crippen molar-refractivity contribution in [2.75, 3.05) is 0 Å². The molecular formula is C24H18N4OS. The molecule has 0 aliphatic heterocycles. The topological polar surface area (TPSA) is 74.7 Å². The van der Waals surface area contributed by atoms with Crippen molar-refractivity contribution >= 4 is 22.4 Å². The summed E-state index contributed by atoms with van der Waals surface area (Å²) in [6, 6.07) is 16.1.